The lowest BCUT2D eigenvalue weighted by atomic mass is 9.91. The van der Waals surface area contributed by atoms with E-state index in [0.717, 1.165) is 18.2 Å². The standard InChI is InChI=1S/C25H20Cl3F9OS/c1-12(10-39-11-24(32,33)34)5-21(38)15-4-3-13(6-17(15)25(35,36)37)20(29)9-16(23(2,30)31)14-7-18(26)22(28)19(27)8-14/h3-4,6-9,12,16H,5,10-11H2,1-2H3/b20-9-/t12-,16?/m0/s1. The molecule has 0 fully saturated rings. The van der Waals surface area contributed by atoms with Crippen molar-refractivity contribution in [3.8, 4) is 0 Å². The number of carbonyl (C=O) groups is 1. The van der Waals surface area contributed by atoms with E-state index in [-0.39, 0.29) is 26.4 Å². The van der Waals surface area contributed by atoms with Crippen molar-refractivity contribution in [2.24, 2.45) is 5.92 Å². The number of thioether (sulfide) groups is 1. The maximum atomic E-state index is 15.1. The SMILES string of the molecule is C[C@H](CSCC(F)(F)F)CC(=O)c1ccc(/C(F)=C/C(c2cc(Cl)c(Cl)c(Cl)c2)C(C)(F)F)cc1C(F)(F)F. The molecule has 0 amide bonds. The zero-order chi connectivity index (χ0) is 29.9. The van der Waals surface area contributed by atoms with Gasteiger partial charge >= 0.3 is 12.4 Å². The van der Waals surface area contributed by atoms with Gasteiger partial charge in [0.2, 0.25) is 0 Å². The summed E-state index contributed by atoms with van der Waals surface area (Å²) in [6, 6.07) is 3.90. The number of alkyl halides is 8. The van der Waals surface area contributed by atoms with Gasteiger partial charge < -0.3 is 0 Å². The molecule has 216 valence electrons. The number of hydrogen-bond donors (Lipinski definition) is 0. The molecule has 2 aromatic carbocycles. The smallest absolute Gasteiger partial charge is 0.294 e. The number of carbonyl (C=O) groups excluding carboxylic acids is 1. The van der Waals surface area contributed by atoms with Crippen LogP contribution in [0, 0.1) is 5.92 Å². The van der Waals surface area contributed by atoms with Crippen LogP contribution in [-0.4, -0.2) is 29.4 Å². The zero-order valence-corrected chi connectivity index (χ0v) is 23.2. The molecule has 0 spiro atoms. The molecule has 0 heterocycles. The summed E-state index contributed by atoms with van der Waals surface area (Å²) >= 11 is 18.1. The van der Waals surface area contributed by atoms with Crippen LogP contribution >= 0.6 is 46.6 Å². The normalized spacial score (nSPS) is 14.9. The molecule has 1 unspecified atom stereocenters. The van der Waals surface area contributed by atoms with Crippen LogP contribution in [0.2, 0.25) is 15.1 Å². The monoisotopic (exact) mass is 644 g/mol. The fraction of sp³-hybridized carbons (Fsp3) is 0.400. The number of Topliss-reactive ketones (excluding diaryl/α,β-unsaturated/α-hetero) is 1. The van der Waals surface area contributed by atoms with Crippen LogP contribution in [0.1, 0.15) is 53.2 Å². The third-order valence-electron chi connectivity index (χ3n) is 5.33. The summed E-state index contributed by atoms with van der Waals surface area (Å²) in [5.74, 6) is -10.1. The van der Waals surface area contributed by atoms with E-state index in [2.05, 4.69) is 0 Å². The van der Waals surface area contributed by atoms with Crippen molar-refractivity contribution in [2.75, 3.05) is 11.5 Å². The predicted octanol–water partition coefficient (Wildman–Crippen LogP) is 10.9. The van der Waals surface area contributed by atoms with Crippen molar-refractivity contribution in [3.63, 3.8) is 0 Å². The molecular formula is C25H20Cl3F9OS. The number of ketones is 1. The van der Waals surface area contributed by atoms with Gasteiger partial charge in [-0.25, -0.2) is 13.2 Å². The summed E-state index contributed by atoms with van der Waals surface area (Å²) in [6.45, 7) is 1.88. The second kappa shape index (κ2) is 13.0. The highest BCUT2D eigenvalue weighted by atomic mass is 35.5. The fourth-order valence-corrected chi connectivity index (χ4v) is 5.05. The highest BCUT2D eigenvalue weighted by Gasteiger charge is 2.38. The maximum absolute atomic E-state index is 15.1. The van der Waals surface area contributed by atoms with Crippen molar-refractivity contribution in [1.29, 1.82) is 0 Å². The lowest BCUT2D eigenvalue weighted by molar-refractivity contribution is -0.138. The molecule has 0 aliphatic heterocycles. The van der Waals surface area contributed by atoms with Crippen LogP contribution in [0.25, 0.3) is 5.83 Å². The van der Waals surface area contributed by atoms with Crippen LogP contribution in [0.4, 0.5) is 39.5 Å². The number of halogens is 12. The number of allylic oxidation sites excluding steroid dienone is 1. The van der Waals surface area contributed by atoms with E-state index in [1.165, 1.54) is 6.92 Å². The average molecular weight is 646 g/mol. The van der Waals surface area contributed by atoms with E-state index in [4.69, 9.17) is 34.8 Å². The Bertz CT molecular complexity index is 1200. The molecule has 0 aromatic heterocycles. The van der Waals surface area contributed by atoms with Crippen LogP contribution in [0.3, 0.4) is 0 Å². The van der Waals surface area contributed by atoms with E-state index in [1.54, 1.807) is 0 Å². The van der Waals surface area contributed by atoms with E-state index in [0.29, 0.717) is 36.9 Å². The third kappa shape index (κ3) is 9.79. The Morgan fingerprint density at radius 1 is 0.974 bits per heavy atom. The average Bonchev–Trinajstić information content (AvgIpc) is 2.77. The van der Waals surface area contributed by atoms with Gasteiger partial charge in [0.25, 0.3) is 5.92 Å². The molecule has 0 radical (unpaired) electrons. The van der Waals surface area contributed by atoms with Gasteiger partial charge in [-0.1, -0.05) is 53.9 Å². The van der Waals surface area contributed by atoms with Crippen molar-refractivity contribution in [2.45, 2.75) is 44.5 Å². The summed E-state index contributed by atoms with van der Waals surface area (Å²) in [5.41, 5.74) is -3.31. The highest BCUT2D eigenvalue weighted by Crippen LogP contribution is 2.42. The number of hydrogen-bond acceptors (Lipinski definition) is 2. The van der Waals surface area contributed by atoms with Crippen LogP contribution in [0.5, 0.6) is 0 Å². The van der Waals surface area contributed by atoms with Gasteiger partial charge in [-0.05, 0) is 41.5 Å². The molecule has 0 saturated heterocycles. The molecule has 39 heavy (non-hydrogen) atoms. The van der Waals surface area contributed by atoms with Gasteiger partial charge in [0.15, 0.2) is 5.78 Å². The quantitative estimate of drug-likeness (QED) is 0.145. The topological polar surface area (TPSA) is 17.1 Å². The highest BCUT2D eigenvalue weighted by molar-refractivity contribution is 7.99. The molecular weight excluding hydrogens is 626 g/mol. The summed E-state index contributed by atoms with van der Waals surface area (Å²) < 4.78 is 122. The molecule has 0 aliphatic carbocycles. The number of rotatable bonds is 10. The van der Waals surface area contributed by atoms with E-state index in [1.807, 2.05) is 0 Å². The first-order valence-electron chi connectivity index (χ1n) is 11.0. The van der Waals surface area contributed by atoms with Gasteiger partial charge in [-0.3, -0.25) is 4.79 Å². The lowest BCUT2D eigenvalue weighted by Crippen LogP contribution is -2.21. The van der Waals surface area contributed by atoms with Crippen molar-refractivity contribution in [1.82, 2.24) is 0 Å². The molecule has 0 bridgehead atoms. The van der Waals surface area contributed by atoms with Gasteiger partial charge in [-0.15, -0.1) is 0 Å². The van der Waals surface area contributed by atoms with Gasteiger partial charge in [0, 0.05) is 24.5 Å². The molecule has 2 aromatic rings. The van der Waals surface area contributed by atoms with Crippen LogP contribution in [0.15, 0.2) is 36.4 Å². The van der Waals surface area contributed by atoms with Crippen molar-refractivity contribution in [3.05, 3.63) is 73.7 Å². The van der Waals surface area contributed by atoms with Crippen LogP contribution in [-0.2, 0) is 6.18 Å². The maximum Gasteiger partial charge on any atom is 0.417 e. The van der Waals surface area contributed by atoms with E-state index < -0.39 is 70.6 Å². The predicted molar refractivity (Wildman–Crippen MR) is 137 cm³/mol. The molecule has 14 heteroatoms. The fourth-order valence-electron chi connectivity index (χ4n) is 3.56. The largest absolute Gasteiger partial charge is 0.417 e. The molecule has 1 nitrogen and oxygen atoms in total. The third-order valence-corrected chi connectivity index (χ3v) is 7.86. The van der Waals surface area contributed by atoms with Crippen LogP contribution < -0.4 is 0 Å². The molecule has 0 saturated carbocycles. The Morgan fingerprint density at radius 2 is 1.54 bits per heavy atom. The Labute approximate surface area is 237 Å². The second-order valence-electron chi connectivity index (χ2n) is 8.87. The van der Waals surface area contributed by atoms with Crippen molar-refractivity contribution >= 4 is 58.2 Å². The first-order chi connectivity index (χ1) is 17.7. The Kier molecular flexibility index (Phi) is 11.2. The Balaban J connectivity index is 2.42. The van der Waals surface area contributed by atoms with E-state index in [9.17, 15) is 39.9 Å². The van der Waals surface area contributed by atoms with Gasteiger partial charge in [0.05, 0.1) is 32.3 Å². The minimum atomic E-state index is -5.12. The van der Waals surface area contributed by atoms with E-state index >= 15 is 4.39 Å². The molecule has 2 atom stereocenters. The lowest BCUT2D eigenvalue weighted by Gasteiger charge is -2.22. The number of benzene rings is 2. The van der Waals surface area contributed by atoms with Gasteiger partial charge in [0.1, 0.15) is 5.83 Å². The Morgan fingerprint density at radius 3 is 2.03 bits per heavy atom. The first-order valence-corrected chi connectivity index (χ1v) is 13.3. The molecule has 0 aliphatic rings. The molecule has 2 rings (SSSR count). The summed E-state index contributed by atoms with van der Waals surface area (Å²) in [5, 5.41) is -0.529. The minimum absolute atomic E-state index is 0.131. The summed E-state index contributed by atoms with van der Waals surface area (Å²) in [6.07, 6.45) is -9.64. The Hall–Kier alpha value is -1.56. The van der Waals surface area contributed by atoms with Crippen molar-refractivity contribution < 1.29 is 44.3 Å². The minimum Gasteiger partial charge on any atom is -0.294 e. The second-order valence-corrected chi connectivity index (χ2v) is 11.1. The first kappa shape index (κ1) is 33.6. The molecule has 0 N–H and O–H groups in total. The summed E-state index contributed by atoms with van der Waals surface area (Å²) in [4.78, 5) is 12.6. The summed E-state index contributed by atoms with van der Waals surface area (Å²) in [7, 11) is 0. The zero-order valence-electron chi connectivity index (χ0n) is 20.1. The van der Waals surface area contributed by atoms with Gasteiger partial charge in [-0.2, -0.15) is 38.1 Å².